The van der Waals surface area contributed by atoms with E-state index >= 15 is 0 Å². The van der Waals surface area contributed by atoms with Gasteiger partial charge in [0.05, 0.1) is 0 Å². The molecule has 0 saturated carbocycles. The van der Waals surface area contributed by atoms with Crippen molar-refractivity contribution in [3.8, 4) is 5.75 Å². The number of amides is 1. The van der Waals surface area contributed by atoms with E-state index in [1.165, 1.54) is 12.4 Å². The number of hydrogen-bond acceptors (Lipinski definition) is 7. The van der Waals surface area contributed by atoms with E-state index in [2.05, 4.69) is 20.0 Å². The molecule has 2 atom stereocenters. The Morgan fingerprint density at radius 2 is 1.91 bits per heavy atom. The smallest absolute Gasteiger partial charge is 0.406 e. The van der Waals surface area contributed by atoms with E-state index in [9.17, 15) is 22.4 Å². The molecule has 2 aliphatic rings. The van der Waals surface area contributed by atoms with Crippen LogP contribution in [-0.4, -0.2) is 58.9 Å². The highest BCUT2D eigenvalue weighted by Gasteiger charge is 2.36. The monoisotopic (exact) mass is 502 g/mol. The lowest BCUT2D eigenvalue weighted by Gasteiger charge is -2.43. The molecular weight excluding hydrogens is 480 g/mol. The van der Waals surface area contributed by atoms with Crippen LogP contribution in [0.3, 0.4) is 0 Å². The van der Waals surface area contributed by atoms with Crippen molar-refractivity contribution >= 4 is 34.8 Å². The maximum absolute atomic E-state index is 14.4. The number of nitrogens with one attached hydrogen (secondary N) is 1. The number of halogens is 5. The Kier molecular flexibility index (Phi) is 6.87. The normalized spacial score (nSPS) is 21.5. The van der Waals surface area contributed by atoms with Crippen LogP contribution in [0.5, 0.6) is 5.75 Å². The third kappa shape index (κ3) is 5.54. The minimum Gasteiger partial charge on any atom is -0.406 e. The molecule has 1 aromatic carbocycles. The molecule has 0 radical (unpaired) electrons. The second-order valence-corrected chi connectivity index (χ2v) is 8.67. The number of alkyl halides is 3. The molecule has 4 rings (SSSR count). The van der Waals surface area contributed by atoms with Crippen LogP contribution in [0.2, 0.25) is 5.02 Å². The predicted molar refractivity (Wildman–Crippen MR) is 118 cm³/mol. The molecule has 0 bridgehead atoms. The first-order chi connectivity index (χ1) is 16.1. The summed E-state index contributed by atoms with van der Waals surface area (Å²) < 4.78 is 56.2. The maximum Gasteiger partial charge on any atom is 0.573 e. The third-order valence-electron chi connectivity index (χ3n) is 5.85. The molecule has 0 aliphatic carbocycles. The molecule has 2 fully saturated rings. The number of nitrogens with two attached hydrogens (primary N) is 1. The van der Waals surface area contributed by atoms with Gasteiger partial charge in [0.2, 0.25) is 11.7 Å². The topological polar surface area (TPSA) is 96.6 Å². The number of anilines is 3. The minimum atomic E-state index is -4.86. The minimum absolute atomic E-state index is 0.0402. The van der Waals surface area contributed by atoms with Crippen molar-refractivity contribution in [1.82, 2.24) is 14.9 Å². The third-order valence-corrected chi connectivity index (χ3v) is 6.07. The molecule has 1 amide bonds. The molecule has 2 saturated heterocycles. The van der Waals surface area contributed by atoms with Crippen LogP contribution in [0.1, 0.15) is 25.7 Å². The lowest BCUT2D eigenvalue weighted by molar-refractivity contribution is -0.274. The summed E-state index contributed by atoms with van der Waals surface area (Å²) in [4.78, 5) is 24.4. The number of carbonyl (C=O) groups is 1. The molecule has 1 aromatic heterocycles. The molecule has 2 aromatic rings. The summed E-state index contributed by atoms with van der Waals surface area (Å²) in [5.74, 6) is -1.48. The highest BCUT2D eigenvalue weighted by atomic mass is 35.5. The zero-order chi connectivity index (χ0) is 24.5. The van der Waals surface area contributed by atoms with Gasteiger partial charge in [0.15, 0.2) is 11.6 Å². The fourth-order valence-electron chi connectivity index (χ4n) is 4.43. The number of benzene rings is 1. The molecule has 0 spiro atoms. The first-order valence-electron chi connectivity index (χ1n) is 10.7. The maximum atomic E-state index is 14.4. The molecule has 13 heteroatoms. The van der Waals surface area contributed by atoms with Crippen LogP contribution in [0.4, 0.5) is 34.9 Å². The quantitative estimate of drug-likeness (QED) is 0.600. The van der Waals surface area contributed by atoms with Gasteiger partial charge in [-0.15, -0.1) is 13.2 Å². The van der Waals surface area contributed by atoms with Crippen LogP contribution in [0.15, 0.2) is 24.5 Å². The zero-order valence-electron chi connectivity index (χ0n) is 18.0. The number of carbonyl (C=O) groups excluding carboxylic acids is 1. The van der Waals surface area contributed by atoms with E-state index in [4.69, 9.17) is 17.3 Å². The number of nitrogen functional groups attached to an aromatic ring is 1. The number of piperidine rings is 2. The van der Waals surface area contributed by atoms with Gasteiger partial charge in [0.1, 0.15) is 18.1 Å². The largest absolute Gasteiger partial charge is 0.573 e. The van der Waals surface area contributed by atoms with Crippen LogP contribution >= 0.6 is 11.6 Å². The fourth-order valence-corrected chi connectivity index (χ4v) is 4.66. The Morgan fingerprint density at radius 1 is 1.15 bits per heavy atom. The van der Waals surface area contributed by atoms with E-state index in [1.54, 1.807) is 9.80 Å². The standard InChI is InChI=1S/C21H23ClF4N6O2/c22-12-7-13(9-15(8-12)34-21(24,25)26)30-16-4-2-6-32(20(16)33)14-3-1-5-31(10-14)19-17(23)18(27)28-11-29-19/h7-9,11,14,16,30H,1-6,10H2,(H2,27,28,29)/t14-,16-/m1/s1. The Morgan fingerprint density at radius 3 is 2.68 bits per heavy atom. The van der Waals surface area contributed by atoms with Crippen molar-refractivity contribution in [3.05, 3.63) is 35.4 Å². The van der Waals surface area contributed by atoms with Crippen molar-refractivity contribution < 1.29 is 27.1 Å². The van der Waals surface area contributed by atoms with Crippen molar-refractivity contribution in [2.24, 2.45) is 0 Å². The average molecular weight is 503 g/mol. The highest BCUT2D eigenvalue weighted by molar-refractivity contribution is 6.31. The Bertz CT molecular complexity index is 1060. The van der Waals surface area contributed by atoms with Crippen LogP contribution in [-0.2, 0) is 4.79 Å². The van der Waals surface area contributed by atoms with E-state index in [-0.39, 0.29) is 34.3 Å². The average Bonchev–Trinajstić information content (AvgIpc) is 2.75. The predicted octanol–water partition coefficient (Wildman–Crippen LogP) is 3.82. The molecular formula is C21H23ClF4N6O2. The van der Waals surface area contributed by atoms with Gasteiger partial charge in [0.25, 0.3) is 0 Å². The van der Waals surface area contributed by atoms with Crippen LogP contribution in [0.25, 0.3) is 0 Å². The number of ether oxygens (including phenoxy) is 1. The summed E-state index contributed by atoms with van der Waals surface area (Å²) in [7, 11) is 0. The Hall–Kier alpha value is -3.02. The van der Waals surface area contributed by atoms with Gasteiger partial charge in [-0.1, -0.05) is 11.6 Å². The number of aromatic nitrogens is 2. The number of hydrogen-bond donors (Lipinski definition) is 2. The van der Waals surface area contributed by atoms with Gasteiger partial charge in [-0.2, -0.15) is 4.39 Å². The molecule has 0 unspecified atom stereocenters. The summed E-state index contributed by atoms with van der Waals surface area (Å²) in [6, 6.07) is 2.81. The fraction of sp³-hybridized carbons (Fsp3) is 0.476. The van der Waals surface area contributed by atoms with Gasteiger partial charge in [-0.05, 0) is 37.8 Å². The molecule has 2 aliphatic heterocycles. The number of likely N-dealkylation sites (tertiary alicyclic amines) is 1. The van der Waals surface area contributed by atoms with Gasteiger partial charge in [-0.3, -0.25) is 4.79 Å². The zero-order valence-corrected chi connectivity index (χ0v) is 18.7. The lowest BCUT2D eigenvalue weighted by atomic mass is 9.97. The SMILES string of the molecule is Nc1ncnc(N2CCC[C@@H](N3CCC[C@@H](Nc4cc(Cl)cc(OC(F)(F)F)c4)C3=O)C2)c1F. The molecule has 34 heavy (non-hydrogen) atoms. The second-order valence-electron chi connectivity index (χ2n) is 8.23. The summed E-state index contributed by atoms with van der Waals surface area (Å²) in [6.07, 6.45) is -1.00. The van der Waals surface area contributed by atoms with E-state index in [1.807, 2.05) is 0 Å². The Labute approximate surface area is 198 Å². The van der Waals surface area contributed by atoms with Gasteiger partial charge in [-0.25, -0.2) is 9.97 Å². The molecule has 3 N–H and O–H groups in total. The summed E-state index contributed by atoms with van der Waals surface area (Å²) >= 11 is 5.94. The Balaban J connectivity index is 1.46. The van der Waals surface area contributed by atoms with Gasteiger partial charge >= 0.3 is 6.36 Å². The van der Waals surface area contributed by atoms with Crippen molar-refractivity contribution in [2.45, 2.75) is 44.1 Å². The van der Waals surface area contributed by atoms with Crippen molar-refractivity contribution in [2.75, 3.05) is 35.6 Å². The van der Waals surface area contributed by atoms with Crippen LogP contribution in [0, 0.1) is 5.82 Å². The van der Waals surface area contributed by atoms with Crippen molar-refractivity contribution in [1.29, 1.82) is 0 Å². The van der Waals surface area contributed by atoms with Gasteiger partial charge < -0.3 is 25.6 Å². The first kappa shape index (κ1) is 24.1. The molecule has 184 valence electrons. The highest BCUT2D eigenvalue weighted by Crippen LogP contribution is 2.31. The summed E-state index contributed by atoms with van der Waals surface area (Å²) in [5.41, 5.74) is 5.81. The number of rotatable bonds is 5. The summed E-state index contributed by atoms with van der Waals surface area (Å²) in [6.45, 7) is 1.48. The van der Waals surface area contributed by atoms with E-state index in [0.717, 1.165) is 25.0 Å². The van der Waals surface area contributed by atoms with E-state index in [0.29, 0.717) is 32.5 Å². The lowest BCUT2D eigenvalue weighted by Crippen LogP contribution is -2.56. The first-order valence-corrected chi connectivity index (χ1v) is 11.1. The van der Waals surface area contributed by atoms with Crippen LogP contribution < -0.4 is 20.7 Å². The summed E-state index contributed by atoms with van der Waals surface area (Å²) in [5, 5.41) is 3.03. The second kappa shape index (κ2) is 9.69. The van der Waals surface area contributed by atoms with E-state index < -0.39 is 24.0 Å². The number of nitrogens with zero attached hydrogens (tertiary/aromatic N) is 4. The molecule has 8 nitrogen and oxygen atoms in total. The van der Waals surface area contributed by atoms with Gasteiger partial charge in [0, 0.05) is 42.5 Å². The molecule has 3 heterocycles. The van der Waals surface area contributed by atoms with Crippen molar-refractivity contribution in [3.63, 3.8) is 0 Å².